The van der Waals surface area contributed by atoms with Crippen LogP contribution in [0.4, 0.5) is 0 Å². The first kappa shape index (κ1) is 13.5. The lowest BCUT2D eigenvalue weighted by Crippen LogP contribution is -2.30. The van der Waals surface area contributed by atoms with Gasteiger partial charge in [0.15, 0.2) is 0 Å². The Labute approximate surface area is 113 Å². The molecule has 1 heterocycles. The van der Waals surface area contributed by atoms with Gasteiger partial charge in [-0.3, -0.25) is 0 Å². The molecule has 2 aliphatic rings. The van der Waals surface area contributed by atoms with Crippen molar-refractivity contribution in [3.8, 4) is 0 Å². The Morgan fingerprint density at radius 3 is 2.62 bits per heavy atom. The van der Waals surface area contributed by atoms with Gasteiger partial charge in [-0.25, -0.2) is 0 Å². The SMILES string of the molecule is Cl[Si](Cl)(Cl)CCCC1CNC2CCCCC12. The highest BCUT2D eigenvalue weighted by molar-refractivity contribution is 7.64. The molecule has 3 atom stereocenters. The van der Waals surface area contributed by atoms with Gasteiger partial charge in [0.2, 0.25) is 0 Å². The Hall–Kier alpha value is 1.05. The van der Waals surface area contributed by atoms with Crippen molar-refractivity contribution in [2.75, 3.05) is 6.54 Å². The van der Waals surface area contributed by atoms with Gasteiger partial charge in [-0.2, -0.15) is 0 Å². The van der Waals surface area contributed by atoms with Crippen LogP contribution in [0.3, 0.4) is 0 Å². The fourth-order valence-electron chi connectivity index (χ4n) is 3.31. The monoisotopic (exact) mass is 299 g/mol. The summed E-state index contributed by atoms with van der Waals surface area (Å²) < 4.78 is 0. The molecule has 1 aliphatic carbocycles. The quantitative estimate of drug-likeness (QED) is 0.606. The Balaban J connectivity index is 1.74. The van der Waals surface area contributed by atoms with E-state index in [4.69, 9.17) is 33.2 Å². The van der Waals surface area contributed by atoms with E-state index in [1.807, 2.05) is 0 Å². The second-order valence-corrected chi connectivity index (χ2v) is 14.5. The molecule has 1 aliphatic heterocycles. The lowest BCUT2D eigenvalue weighted by atomic mass is 9.78. The third-order valence-corrected chi connectivity index (χ3v) is 6.72. The van der Waals surface area contributed by atoms with Crippen molar-refractivity contribution in [1.82, 2.24) is 5.32 Å². The van der Waals surface area contributed by atoms with Crippen molar-refractivity contribution in [3.05, 3.63) is 0 Å². The Morgan fingerprint density at radius 2 is 1.88 bits per heavy atom. The van der Waals surface area contributed by atoms with Crippen molar-refractivity contribution < 1.29 is 0 Å². The molecule has 1 nitrogen and oxygen atoms in total. The average molecular weight is 301 g/mol. The largest absolute Gasteiger partial charge is 0.341 e. The smallest absolute Gasteiger partial charge is 0.313 e. The molecule has 2 rings (SSSR count). The molecule has 16 heavy (non-hydrogen) atoms. The van der Waals surface area contributed by atoms with E-state index in [1.54, 1.807) is 0 Å². The molecule has 2 fully saturated rings. The van der Waals surface area contributed by atoms with Crippen LogP contribution in [-0.2, 0) is 0 Å². The molecule has 0 amide bonds. The molecule has 0 aromatic heterocycles. The van der Waals surface area contributed by atoms with Crippen LogP contribution in [0.25, 0.3) is 0 Å². The molecule has 1 N–H and O–H groups in total. The van der Waals surface area contributed by atoms with Gasteiger partial charge < -0.3 is 5.32 Å². The normalized spacial score (nSPS) is 35.1. The maximum Gasteiger partial charge on any atom is 0.341 e. The fourth-order valence-corrected chi connectivity index (χ4v) is 5.12. The first-order chi connectivity index (χ1) is 7.56. The van der Waals surface area contributed by atoms with E-state index < -0.39 is 6.00 Å². The Kier molecular flexibility index (Phi) is 4.88. The number of hydrogen-bond acceptors (Lipinski definition) is 1. The van der Waals surface area contributed by atoms with E-state index >= 15 is 0 Å². The highest BCUT2D eigenvalue weighted by Crippen LogP contribution is 2.38. The van der Waals surface area contributed by atoms with Gasteiger partial charge in [0, 0.05) is 6.04 Å². The summed E-state index contributed by atoms with van der Waals surface area (Å²) in [6.45, 7) is 1.19. The van der Waals surface area contributed by atoms with Gasteiger partial charge in [0.05, 0.1) is 0 Å². The average Bonchev–Trinajstić information content (AvgIpc) is 2.60. The molecule has 0 spiro atoms. The molecule has 94 valence electrons. The topological polar surface area (TPSA) is 12.0 Å². The van der Waals surface area contributed by atoms with Crippen LogP contribution in [0.15, 0.2) is 0 Å². The van der Waals surface area contributed by atoms with Gasteiger partial charge >= 0.3 is 6.00 Å². The van der Waals surface area contributed by atoms with Crippen LogP contribution in [0.1, 0.15) is 38.5 Å². The number of hydrogen-bond donors (Lipinski definition) is 1. The zero-order valence-corrected chi connectivity index (χ0v) is 12.8. The third-order valence-electron chi connectivity index (χ3n) is 4.10. The summed E-state index contributed by atoms with van der Waals surface area (Å²) in [5, 5.41) is 3.67. The van der Waals surface area contributed by atoms with Gasteiger partial charge in [-0.05, 0) is 43.7 Å². The zero-order valence-electron chi connectivity index (χ0n) is 9.52. The first-order valence-electron chi connectivity index (χ1n) is 6.36. The van der Waals surface area contributed by atoms with Crippen LogP contribution in [-0.4, -0.2) is 18.6 Å². The lowest BCUT2D eigenvalue weighted by molar-refractivity contribution is 0.264. The molecular formula is C11H20Cl3NSi. The minimum Gasteiger partial charge on any atom is -0.313 e. The fraction of sp³-hybridized carbons (Fsp3) is 1.00. The molecule has 5 heteroatoms. The Bertz CT molecular complexity index is 232. The zero-order chi connectivity index (χ0) is 11.6. The van der Waals surface area contributed by atoms with Gasteiger partial charge in [0.25, 0.3) is 0 Å². The predicted octanol–water partition coefficient (Wildman–Crippen LogP) is 4.20. The van der Waals surface area contributed by atoms with Gasteiger partial charge in [0.1, 0.15) is 0 Å². The van der Waals surface area contributed by atoms with Crippen molar-refractivity contribution in [2.45, 2.75) is 50.6 Å². The predicted molar refractivity (Wildman–Crippen MR) is 74.6 cm³/mol. The summed E-state index contributed by atoms with van der Waals surface area (Å²) in [5.41, 5.74) is 0. The summed E-state index contributed by atoms with van der Waals surface area (Å²) >= 11 is 17.7. The van der Waals surface area contributed by atoms with Crippen molar-refractivity contribution >= 4 is 39.2 Å². The first-order valence-corrected chi connectivity index (χ1v) is 11.6. The van der Waals surface area contributed by atoms with E-state index in [1.165, 1.54) is 38.6 Å². The second kappa shape index (κ2) is 5.79. The maximum atomic E-state index is 5.91. The van der Waals surface area contributed by atoms with Crippen LogP contribution < -0.4 is 5.32 Å². The molecule has 0 aromatic rings. The summed E-state index contributed by atoms with van der Waals surface area (Å²) in [7, 11) is 0. The standard InChI is InChI=1S/C11H20Cl3NSi/c12-16(13,14)7-3-4-9-8-15-11-6-2-1-5-10(9)11/h9-11,15H,1-8H2. The van der Waals surface area contributed by atoms with Crippen molar-refractivity contribution in [3.63, 3.8) is 0 Å². The minimum absolute atomic E-state index is 0.795. The molecule has 1 saturated carbocycles. The highest BCUT2D eigenvalue weighted by Gasteiger charge is 2.37. The number of halogens is 3. The van der Waals surface area contributed by atoms with E-state index in [2.05, 4.69) is 5.32 Å². The summed E-state index contributed by atoms with van der Waals surface area (Å²) in [6, 6.07) is -0.756. The maximum absolute atomic E-state index is 5.91. The van der Waals surface area contributed by atoms with E-state index in [9.17, 15) is 0 Å². The van der Waals surface area contributed by atoms with Crippen LogP contribution in [0, 0.1) is 11.8 Å². The van der Waals surface area contributed by atoms with Crippen LogP contribution >= 0.6 is 33.2 Å². The number of nitrogens with one attached hydrogen (secondary N) is 1. The van der Waals surface area contributed by atoms with E-state index in [0.717, 1.165) is 30.3 Å². The molecule has 0 radical (unpaired) electrons. The summed E-state index contributed by atoms with van der Waals surface area (Å²) in [6.07, 6.45) is 7.95. The van der Waals surface area contributed by atoms with Gasteiger partial charge in [-0.1, -0.05) is 19.3 Å². The van der Waals surface area contributed by atoms with Crippen LogP contribution in [0.2, 0.25) is 6.04 Å². The number of rotatable bonds is 4. The lowest BCUT2D eigenvalue weighted by Gasteiger charge is -2.28. The van der Waals surface area contributed by atoms with Crippen molar-refractivity contribution in [2.24, 2.45) is 11.8 Å². The van der Waals surface area contributed by atoms with Crippen LogP contribution in [0.5, 0.6) is 0 Å². The molecule has 3 unspecified atom stereocenters. The third kappa shape index (κ3) is 3.77. The molecule has 0 bridgehead atoms. The molecular weight excluding hydrogens is 281 g/mol. The van der Waals surface area contributed by atoms with E-state index in [0.29, 0.717) is 0 Å². The highest BCUT2D eigenvalue weighted by atomic mass is 35.8. The minimum atomic E-state index is -2.38. The summed E-state index contributed by atoms with van der Waals surface area (Å²) in [4.78, 5) is 0. The second-order valence-electron chi connectivity index (χ2n) is 5.23. The van der Waals surface area contributed by atoms with Crippen molar-refractivity contribution in [1.29, 1.82) is 0 Å². The van der Waals surface area contributed by atoms with Gasteiger partial charge in [-0.15, -0.1) is 33.2 Å². The Morgan fingerprint density at radius 1 is 1.12 bits per heavy atom. The number of fused-ring (bicyclic) bond motifs is 1. The molecule has 0 aromatic carbocycles. The summed E-state index contributed by atoms with van der Waals surface area (Å²) in [5.74, 6) is 1.75. The molecule has 1 saturated heterocycles. The van der Waals surface area contributed by atoms with E-state index in [-0.39, 0.29) is 0 Å².